The van der Waals surface area contributed by atoms with Gasteiger partial charge in [0.05, 0.1) is 0 Å². The molecule has 0 aromatic carbocycles. The Bertz CT molecular complexity index is 215. The molecule has 3 unspecified atom stereocenters. The lowest BCUT2D eigenvalue weighted by Gasteiger charge is -2.32. The average molecular weight is 211 g/mol. The van der Waals surface area contributed by atoms with Crippen LogP contribution in [0.1, 0.15) is 52.4 Å². The topological polar surface area (TPSA) is 32.3 Å². The summed E-state index contributed by atoms with van der Waals surface area (Å²) in [5.41, 5.74) is 0.137. The van der Waals surface area contributed by atoms with Gasteiger partial charge in [0.15, 0.2) is 0 Å². The third kappa shape index (κ3) is 2.73. The van der Waals surface area contributed by atoms with Gasteiger partial charge in [0.1, 0.15) is 0 Å². The molecule has 2 nitrogen and oxygen atoms in total. The zero-order chi connectivity index (χ0) is 10.9. The van der Waals surface area contributed by atoms with Crippen LogP contribution in [0.15, 0.2) is 0 Å². The first-order valence-corrected chi connectivity index (χ1v) is 6.51. The highest BCUT2D eigenvalue weighted by Gasteiger charge is 2.39. The summed E-state index contributed by atoms with van der Waals surface area (Å²) in [6.45, 7) is 4.86. The van der Waals surface area contributed by atoms with Crippen LogP contribution in [0.2, 0.25) is 0 Å². The van der Waals surface area contributed by atoms with Crippen molar-refractivity contribution in [3.63, 3.8) is 0 Å². The average Bonchev–Trinajstić information content (AvgIpc) is 2.93. The maximum absolute atomic E-state index is 9.46. The largest absolute Gasteiger partial charge is 0.396 e. The van der Waals surface area contributed by atoms with Crippen LogP contribution in [0.3, 0.4) is 0 Å². The number of hydrogen-bond donors (Lipinski definition) is 2. The molecule has 0 aromatic rings. The first kappa shape index (κ1) is 11.4. The number of aliphatic hydroxyl groups excluding tert-OH is 1. The van der Waals surface area contributed by atoms with Crippen molar-refractivity contribution in [3.8, 4) is 0 Å². The summed E-state index contributed by atoms with van der Waals surface area (Å²) >= 11 is 0. The molecule has 0 aliphatic heterocycles. The van der Waals surface area contributed by atoms with Crippen molar-refractivity contribution in [2.45, 2.75) is 64.5 Å². The highest BCUT2D eigenvalue weighted by atomic mass is 16.3. The zero-order valence-corrected chi connectivity index (χ0v) is 10.1. The molecule has 15 heavy (non-hydrogen) atoms. The summed E-state index contributed by atoms with van der Waals surface area (Å²) in [6, 6.07) is 1.17. The molecule has 2 heteroatoms. The van der Waals surface area contributed by atoms with Gasteiger partial charge in [-0.05, 0) is 32.1 Å². The molecule has 2 aliphatic carbocycles. The lowest BCUT2D eigenvalue weighted by molar-refractivity contribution is 0.113. The molecule has 3 atom stereocenters. The van der Waals surface area contributed by atoms with Crippen molar-refractivity contribution in [3.05, 3.63) is 0 Å². The van der Waals surface area contributed by atoms with E-state index in [4.69, 9.17) is 0 Å². The molecule has 2 fully saturated rings. The second-order valence-corrected chi connectivity index (χ2v) is 6.00. The SMILES string of the molecule is CC(CC1CC1)NC1CCCC1(C)CO. The molecular formula is C13H25NO. The van der Waals surface area contributed by atoms with Gasteiger partial charge in [-0.1, -0.05) is 26.2 Å². The fourth-order valence-electron chi connectivity index (χ4n) is 2.97. The van der Waals surface area contributed by atoms with E-state index in [0.717, 1.165) is 5.92 Å². The second kappa shape index (κ2) is 4.42. The van der Waals surface area contributed by atoms with Crippen LogP contribution in [0.25, 0.3) is 0 Å². The second-order valence-electron chi connectivity index (χ2n) is 6.00. The summed E-state index contributed by atoms with van der Waals surface area (Å²) < 4.78 is 0. The first-order valence-electron chi connectivity index (χ1n) is 6.51. The Labute approximate surface area is 93.5 Å². The molecule has 0 saturated heterocycles. The van der Waals surface area contributed by atoms with Gasteiger partial charge in [-0.25, -0.2) is 0 Å². The first-order chi connectivity index (χ1) is 7.14. The fourth-order valence-corrected chi connectivity index (χ4v) is 2.97. The van der Waals surface area contributed by atoms with Crippen molar-refractivity contribution in [2.75, 3.05) is 6.61 Å². The maximum Gasteiger partial charge on any atom is 0.0499 e. The molecule has 0 spiro atoms. The molecule has 2 rings (SSSR count). The monoisotopic (exact) mass is 211 g/mol. The molecule has 2 aliphatic rings. The summed E-state index contributed by atoms with van der Waals surface area (Å²) in [5.74, 6) is 0.995. The molecule has 0 radical (unpaired) electrons. The van der Waals surface area contributed by atoms with Gasteiger partial charge in [0.2, 0.25) is 0 Å². The van der Waals surface area contributed by atoms with E-state index in [9.17, 15) is 5.11 Å². The van der Waals surface area contributed by atoms with Crippen LogP contribution in [0.4, 0.5) is 0 Å². The van der Waals surface area contributed by atoms with Gasteiger partial charge in [-0.2, -0.15) is 0 Å². The predicted molar refractivity (Wildman–Crippen MR) is 62.8 cm³/mol. The van der Waals surface area contributed by atoms with E-state index in [-0.39, 0.29) is 5.41 Å². The predicted octanol–water partition coefficient (Wildman–Crippen LogP) is 2.32. The Morgan fingerprint density at radius 1 is 1.40 bits per heavy atom. The normalized spacial score (nSPS) is 38.2. The van der Waals surface area contributed by atoms with E-state index in [1.54, 1.807) is 0 Å². The standard InChI is InChI=1S/C13H25NO/c1-10(8-11-5-6-11)14-12-4-3-7-13(12,2)9-15/h10-12,14-15H,3-9H2,1-2H3. The molecule has 2 saturated carbocycles. The maximum atomic E-state index is 9.46. The summed E-state index contributed by atoms with van der Waals surface area (Å²) in [7, 11) is 0. The zero-order valence-electron chi connectivity index (χ0n) is 10.1. The Hall–Kier alpha value is -0.0800. The highest BCUT2D eigenvalue weighted by molar-refractivity contribution is 4.94. The third-order valence-corrected chi connectivity index (χ3v) is 4.31. The summed E-state index contributed by atoms with van der Waals surface area (Å²) in [5, 5.41) is 13.2. The van der Waals surface area contributed by atoms with Crippen molar-refractivity contribution >= 4 is 0 Å². The van der Waals surface area contributed by atoms with E-state index in [2.05, 4.69) is 19.2 Å². The van der Waals surface area contributed by atoms with Crippen LogP contribution in [0.5, 0.6) is 0 Å². The minimum atomic E-state index is 0.137. The van der Waals surface area contributed by atoms with Gasteiger partial charge >= 0.3 is 0 Å². The van der Waals surface area contributed by atoms with E-state index in [0.29, 0.717) is 18.7 Å². The summed E-state index contributed by atoms with van der Waals surface area (Å²) in [6.07, 6.45) is 7.90. The highest BCUT2D eigenvalue weighted by Crippen LogP contribution is 2.39. The molecule has 0 amide bonds. The van der Waals surface area contributed by atoms with Crippen molar-refractivity contribution < 1.29 is 5.11 Å². The van der Waals surface area contributed by atoms with Gasteiger partial charge in [-0.3, -0.25) is 0 Å². The Kier molecular flexibility index (Phi) is 3.36. The van der Waals surface area contributed by atoms with E-state index in [1.165, 1.54) is 38.5 Å². The lowest BCUT2D eigenvalue weighted by atomic mass is 9.85. The molecule has 2 N–H and O–H groups in total. The van der Waals surface area contributed by atoms with Gasteiger partial charge < -0.3 is 10.4 Å². The van der Waals surface area contributed by atoms with E-state index < -0.39 is 0 Å². The summed E-state index contributed by atoms with van der Waals surface area (Å²) in [4.78, 5) is 0. The van der Waals surface area contributed by atoms with Crippen LogP contribution < -0.4 is 5.32 Å². The van der Waals surface area contributed by atoms with Gasteiger partial charge in [0.25, 0.3) is 0 Å². The molecule has 0 aromatic heterocycles. The third-order valence-electron chi connectivity index (χ3n) is 4.31. The van der Waals surface area contributed by atoms with E-state index >= 15 is 0 Å². The van der Waals surface area contributed by atoms with Crippen LogP contribution in [0, 0.1) is 11.3 Å². The number of nitrogens with one attached hydrogen (secondary N) is 1. The van der Waals surface area contributed by atoms with Crippen molar-refractivity contribution in [1.82, 2.24) is 5.32 Å². The number of aliphatic hydroxyl groups is 1. The quantitative estimate of drug-likeness (QED) is 0.731. The molecule has 88 valence electrons. The number of rotatable bonds is 5. The van der Waals surface area contributed by atoms with Gasteiger partial charge in [0, 0.05) is 24.1 Å². The Morgan fingerprint density at radius 2 is 2.13 bits per heavy atom. The molecule has 0 heterocycles. The molecular weight excluding hydrogens is 186 g/mol. The van der Waals surface area contributed by atoms with Crippen LogP contribution in [-0.4, -0.2) is 23.8 Å². The van der Waals surface area contributed by atoms with Gasteiger partial charge in [-0.15, -0.1) is 0 Å². The van der Waals surface area contributed by atoms with E-state index in [1.807, 2.05) is 0 Å². The number of hydrogen-bond acceptors (Lipinski definition) is 2. The lowest BCUT2D eigenvalue weighted by Crippen LogP contribution is -2.45. The Balaban J connectivity index is 1.81. The van der Waals surface area contributed by atoms with Crippen molar-refractivity contribution in [1.29, 1.82) is 0 Å². The minimum Gasteiger partial charge on any atom is -0.396 e. The Morgan fingerprint density at radius 3 is 2.73 bits per heavy atom. The van der Waals surface area contributed by atoms with Crippen molar-refractivity contribution in [2.24, 2.45) is 11.3 Å². The minimum absolute atomic E-state index is 0.137. The van der Waals surface area contributed by atoms with Crippen LogP contribution in [-0.2, 0) is 0 Å². The molecule has 0 bridgehead atoms. The van der Waals surface area contributed by atoms with Crippen LogP contribution >= 0.6 is 0 Å². The fraction of sp³-hybridized carbons (Fsp3) is 1.00. The smallest absolute Gasteiger partial charge is 0.0499 e.